The number of esters is 2. The summed E-state index contributed by atoms with van der Waals surface area (Å²) < 4.78 is 15.0. The Hall–Kier alpha value is -2.89. The van der Waals surface area contributed by atoms with E-state index in [-0.39, 0.29) is 18.0 Å². The molecule has 0 spiro atoms. The number of hydrogen-bond donors (Lipinski definition) is 0. The maximum atomic E-state index is 12.0. The maximum absolute atomic E-state index is 12.0. The van der Waals surface area contributed by atoms with E-state index in [0.717, 1.165) is 0 Å². The fourth-order valence-corrected chi connectivity index (χ4v) is 1.67. The van der Waals surface area contributed by atoms with Gasteiger partial charge in [-0.05, 0) is 43.3 Å². The smallest absolute Gasteiger partial charge is 0.362 e. The molecule has 0 saturated heterocycles. The number of carbonyl (C=O) groups is 2. The SMILES string of the molecule is CCOC(=O)c1cccc(C(=O)Oc2ccc(OC)cc2)n1. The van der Waals surface area contributed by atoms with E-state index < -0.39 is 11.9 Å². The van der Waals surface area contributed by atoms with Crippen molar-refractivity contribution in [2.75, 3.05) is 13.7 Å². The van der Waals surface area contributed by atoms with E-state index >= 15 is 0 Å². The number of rotatable bonds is 5. The molecule has 0 unspecified atom stereocenters. The summed E-state index contributed by atoms with van der Waals surface area (Å²) in [6, 6.07) is 11.0. The van der Waals surface area contributed by atoms with Gasteiger partial charge < -0.3 is 14.2 Å². The molecule has 2 aromatic rings. The Morgan fingerprint density at radius 1 is 0.955 bits per heavy atom. The first-order chi connectivity index (χ1) is 10.6. The summed E-state index contributed by atoms with van der Waals surface area (Å²) in [6.45, 7) is 1.93. The fraction of sp³-hybridized carbons (Fsp3) is 0.188. The Morgan fingerprint density at radius 3 is 2.14 bits per heavy atom. The molecule has 0 aliphatic rings. The van der Waals surface area contributed by atoms with Crippen LogP contribution in [0.2, 0.25) is 0 Å². The summed E-state index contributed by atoms with van der Waals surface area (Å²) in [7, 11) is 1.55. The van der Waals surface area contributed by atoms with Crippen LogP contribution >= 0.6 is 0 Å². The predicted octanol–water partition coefficient (Wildman–Crippen LogP) is 2.49. The molecule has 0 aliphatic carbocycles. The highest BCUT2D eigenvalue weighted by molar-refractivity contribution is 5.92. The molecule has 0 aliphatic heterocycles. The van der Waals surface area contributed by atoms with Gasteiger partial charge in [-0.25, -0.2) is 14.6 Å². The Kier molecular flexibility index (Phi) is 5.08. The molecule has 114 valence electrons. The van der Waals surface area contributed by atoms with Gasteiger partial charge in [-0.15, -0.1) is 0 Å². The first kappa shape index (κ1) is 15.5. The van der Waals surface area contributed by atoms with E-state index in [1.165, 1.54) is 12.1 Å². The summed E-state index contributed by atoms with van der Waals surface area (Å²) in [5.74, 6) is -0.228. The lowest BCUT2D eigenvalue weighted by Crippen LogP contribution is -2.14. The van der Waals surface area contributed by atoms with E-state index in [4.69, 9.17) is 14.2 Å². The minimum absolute atomic E-state index is 0.0290. The molecule has 2 rings (SSSR count). The summed E-state index contributed by atoms with van der Waals surface area (Å²) in [6.07, 6.45) is 0. The van der Waals surface area contributed by atoms with Crippen LogP contribution in [-0.4, -0.2) is 30.6 Å². The van der Waals surface area contributed by atoms with Crippen molar-refractivity contribution in [3.8, 4) is 11.5 Å². The molecular formula is C16H15NO5. The molecule has 0 N–H and O–H groups in total. The Balaban J connectivity index is 2.11. The van der Waals surface area contributed by atoms with Gasteiger partial charge in [-0.3, -0.25) is 0 Å². The van der Waals surface area contributed by atoms with E-state index in [1.54, 1.807) is 44.4 Å². The number of aromatic nitrogens is 1. The largest absolute Gasteiger partial charge is 0.497 e. The third kappa shape index (κ3) is 3.82. The van der Waals surface area contributed by atoms with Gasteiger partial charge in [0.2, 0.25) is 0 Å². The normalized spacial score (nSPS) is 9.91. The number of hydrogen-bond acceptors (Lipinski definition) is 6. The van der Waals surface area contributed by atoms with Crippen molar-refractivity contribution in [3.05, 3.63) is 53.9 Å². The van der Waals surface area contributed by atoms with Gasteiger partial charge >= 0.3 is 11.9 Å². The zero-order valence-corrected chi connectivity index (χ0v) is 12.2. The third-order valence-electron chi connectivity index (χ3n) is 2.71. The number of benzene rings is 1. The molecule has 0 radical (unpaired) electrons. The summed E-state index contributed by atoms with van der Waals surface area (Å²) >= 11 is 0. The second kappa shape index (κ2) is 7.21. The summed E-state index contributed by atoms with van der Waals surface area (Å²) in [4.78, 5) is 27.6. The molecule has 0 amide bonds. The highest BCUT2D eigenvalue weighted by Gasteiger charge is 2.14. The lowest BCUT2D eigenvalue weighted by molar-refractivity contribution is 0.0519. The average molecular weight is 301 g/mol. The van der Waals surface area contributed by atoms with Gasteiger partial charge in [0.05, 0.1) is 13.7 Å². The van der Waals surface area contributed by atoms with Crippen LogP contribution in [0, 0.1) is 0 Å². The lowest BCUT2D eigenvalue weighted by atomic mass is 10.3. The number of methoxy groups -OCH3 is 1. The number of nitrogens with zero attached hydrogens (tertiary/aromatic N) is 1. The Labute approximate surface area is 127 Å². The number of carbonyl (C=O) groups excluding carboxylic acids is 2. The van der Waals surface area contributed by atoms with Crippen LogP contribution in [0.4, 0.5) is 0 Å². The van der Waals surface area contributed by atoms with Crippen LogP contribution in [0.25, 0.3) is 0 Å². The minimum atomic E-state index is -0.656. The zero-order chi connectivity index (χ0) is 15.9. The molecule has 0 saturated carbocycles. The molecule has 0 bridgehead atoms. The zero-order valence-electron chi connectivity index (χ0n) is 12.2. The minimum Gasteiger partial charge on any atom is -0.497 e. The van der Waals surface area contributed by atoms with Gasteiger partial charge in [0.1, 0.15) is 22.9 Å². The summed E-state index contributed by atoms with van der Waals surface area (Å²) in [5, 5.41) is 0. The van der Waals surface area contributed by atoms with Crippen molar-refractivity contribution in [1.82, 2.24) is 4.98 Å². The Morgan fingerprint density at radius 2 is 1.55 bits per heavy atom. The van der Waals surface area contributed by atoms with Crippen molar-refractivity contribution < 1.29 is 23.8 Å². The molecule has 6 heteroatoms. The van der Waals surface area contributed by atoms with Crippen LogP contribution in [0.15, 0.2) is 42.5 Å². The van der Waals surface area contributed by atoms with E-state index in [9.17, 15) is 9.59 Å². The van der Waals surface area contributed by atoms with Crippen LogP contribution < -0.4 is 9.47 Å². The fourth-order valence-electron chi connectivity index (χ4n) is 1.67. The van der Waals surface area contributed by atoms with E-state index in [0.29, 0.717) is 11.5 Å². The van der Waals surface area contributed by atoms with Gasteiger partial charge in [0, 0.05) is 0 Å². The first-order valence-corrected chi connectivity index (χ1v) is 6.64. The molecule has 0 fully saturated rings. The average Bonchev–Trinajstić information content (AvgIpc) is 2.56. The molecular weight excluding hydrogens is 286 g/mol. The van der Waals surface area contributed by atoms with Crippen LogP contribution in [0.1, 0.15) is 27.9 Å². The van der Waals surface area contributed by atoms with Gasteiger partial charge in [0.15, 0.2) is 0 Å². The number of ether oxygens (including phenoxy) is 3. The maximum Gasteiger partial charge on any atom is 0.362 e. The van der Waals surface area contributed by atoms with Crippen LogP contribution in [-0.2, 0) is 4.74 Å². The van der Waals surface area contributed by atoms with Crippen molar-refractivity contribution in [1.29, 1.82) is 0 Å². The number of pyridine rings is 1. The molecule has 1 aromatic carbocycles. The van der Waals surface area contributed by atoms with Crippen LogP contribution in [0.3, 0.4) is 0 Å². The quantitative estimate of drug-likeness (QED) is 0.624. The topological polar surface area (TPSA) is 74.7 Å². The predicted molar refractivity (Wildman–Crippen MR) is 78.1 cm³/mol. The molecule has 6 nitrogen and oxygen atoms in total. The Bertz CT molecular complexity index is 666. The standard InChI is InChI=1S/C16H15NO5/c1-3-21-15(18)13-5-4-6-14(17-13)16(19)22-12-9-7-11(20-2)8-10-12/h4-10H,3H2,1-2H3. The van der Waals surface area contributed by atoms with Gasteiger partial charge in [0.25, 0.3) is 0 Å². The van der Waals surface area contributed by atoms with Gasteiger partial charge in [-0.1, -0.05) is 6.07 Å². The van der Waals surface area contributed by atoms with Crippen LogP contribution in [0.5, 0.6) is 11.5 Å². The molecule has 0 atom stereocenters. The van der Waals surface area contributed by atoms with E-state index in [2.05, 4.69) is 4.98 Å². The van der Waals surface area contributed by atoms with E-state index in [1.807, 2.05) is 0 Å². The summed E-state index contributed by atoms with van der Waals surface area (Å²) in [5.41, 5.74) is 0.0902. The van der Waals surface area contributed by atoms with Crippen molar-refractivity contribution in [3.63, 3.8) is 0 Å². The van der Waals surface area contributed by atoms with Crippen molar-refractivity contribution in [2.24, 2.45) is 0 Å². The lowest BCUT2D eigenvalue weighted by Gasteiger charge is -2.06. The molecule has 1 heterocycles. The van der Waals surface area contributed by atoms with Crippen molar-refractivity contribution in [2.45, 2.75) is 6.92 Å². The third-order valence-corrected chi connectivity index (χ3v) is 2.71. The second-order valence-electron chi connectivity index (χ2n) is 4.19. The second-order valence-corrected chi connectivity index (χ2v) is 4.19. The molecule has 22 heavy (non-hydrogen) atoms. The van der Waals surface area contributed by atoms with Gasteiger partial charge in [-0.2, -0.15) is 0 Å². The highest BCUT2D eigenvalue weighted by Crippen LogP contribution is 2.18. The first-order valence-electron chi connectivity index (χ1n) is 6.64. The highest BCUT2D eigenvalue weighted by atomic mass is 16.5. The monoisotopic (exact) mass is 301 g/mol. The molecule has 1 aromatic heterocycles. The van der Waals surface area contributed by atoms with Crippen molar-refractivity contribution >= 4 is 11.9 Å².